The molecule has 46 heavy (non-hydrogen) atoms. The number of nitrogens with zero attached hydrogens (tertiary/aromatic N) is 2. The molecule has 1 atom stereocenters. The lowest BCUT2D eigenvalue weighted by molar-refractivity contribution is -0.140. The number of methoxy groups -OCH3 is 1. The lowest BCUT2D eigenvalue weighted by atomic mass is 10.0. The fourth-order valence-corrected chi connectivity index (χ4v) is 6.68. The number of amides is 2. The Hall–Kier alpha value is -4.05. The Morgan fingerprint density at radius 2 is 1.52 bits per heavy atom. The van der Waals surface area contributed by atoms with Crippen molar-refractivity contribution in [3.05, 3.63) is 124 Å². The molecule has 0 aliphatic heterocycles. The van der Waals surface area contributed by atoms with Crippen LogP contribution in [0.4, 0.5) is 5.69 Å². The standard InChI is InChI=1S/C35H37Cl2N3O5S/c1-24(2)38-35(42)32(20-26-8-6-5-7-9-26)39(22-27-12-14-28(36)15-13-27)34(41)23-40(29-16-19-33(45-4)31(37)21-29)46(43,44)30-17-10-25(3)11-18-30/h5-19,21,24,32H,20,22-23H2,1-4H3,(H,38,42)/t32-/m1/s1. The largest absolute Gasteiger partial charge is 0.495 e. The first-order chi connectivity index (χ1) is 21.9. The van der Waals surface area contributed by atoms with E-state index in [-0.39, 0.29) is 40.5 Å². The summed E-state index contributed by atoms with van der Waals surface area (Å²) >= 11 is 12.6. The minimum atomic E-state index is -4.27. The minimum Gasteiger partial charge on any atom is -0.495 e. The van der Waals surface area contributed by atoms with Crippen LogP contribution in [0.5, 0.6) is 5.75 Å². The van der Waals surface area contributed by atoms with Gasteiger partial charge in [-0.3, -0.25) is 13.9 Å². The number of hydrogen-bond acceptors (Lipinski definition) is 5. The summed E-state index contributed by atoms with van der Waals surface area (Å²) in [5.41, 5.74) is 2.60. The third kappa shape index (κ3) is 8.81. The van der Waals surface area contributed by atoms with Crippen LogP contribution in [0, 0.1) is 6.92 Å². The van der Waals surface area contributed by atoms with Crippen LogP contribution in [0.1, 0.15) is 30.5 Å². The first kappa shape index (κ1) is 34.8. The number of sulfonamides is 1. The van der Waals surface area contributed by atoms with Crippen LogP contribution in [-0.2, 0) is 32.6 Å². The Kier molecular flexibility index (Phi) is 11.7. The van der Waals surface area contributed by atoms with Crippen molar-refractivity contribution < 1.29 is 22.7 Å². The second kappa shape index (κ2) is 15.5. The molecule has 0 heterocycles. The molecule has 4 rings (SSSR count). The van der Waals surface area contributed by atoms with Crippen LogP contribution in [0.3, 0.4) is 0 Å². The molecule has 0 saturated carbocycles. The van der Waals surface area contributed by atoms with Crippen molar-refractivity contribution in [2.45, 2.75) is 50.7 Å². The molecule has 0 radical (unpaired) electrons. The second-order valence-corrected chi connectivity index (χ2v) is 13.9. The number of nitrogens with one attached hydrogen (secondary N) is 1. The minimum absolute atomic E-state index is 0.000443. The van der Waals surface area contributed by atoms with E-state index in [4.69, 9.17) is 27.9 Å². The molecule has 1 N–H and O–H groups in total. The molecule has 0 bridgehead atoms. The van der Waals surface area contributed by atoms with Crippen molar-refractivity contribution in [3.8, 4) is 5.75 Å². The number of carbonyl (C=O) groups is 2. The summed E-state index contributed by atoms with van der Waals surface area (Å²) in [5, 5.41) is 3.64. The average Bonchev–Trinajstić information content (AvgIpc) is 3.02. The molecule has 2 amide bonds. The van der Waals surface area contributed by atoms with E-state index in [1.165, 1.54) is 36.3 Å². The van der Waals surface area contributed by atoms with Crippen LogP contribution in [0.15, 0.2) is 102 Å². The lowest BCUT2D eigenvalue weighted by Crippen LogP contribution is -2.54. The maximum absolute atomic E-state index is 14.5. The van der Waals surface area contributed by atoms with E-state index in [0.717, 1.165) is 15.4 Å². The molecular weight excluding hydrogens is 645 g/mol. The van der Waals surface area contributed by atoms with Gasteiger partial charge in [0.15, 0.2) is 0 Å². The Bertz CT molecular complexity index is 1750. The van der Waals surface area contributed by atoms with E-state index < -0.39 is 28.5 Å². The van der Waals surface area contributed by atoms with Gasteiger partial charge in [0.25, 0.3) is 10.0 Å². The van der Waals surface area contributed by atoms with E-state index in [1.807, 2.05) is 51.1 Å². The summed E-state index contributed by atoms with van der Waals surface area (Å²) in [6, 6.07) is 26.0. The lowest BCUT2D eigenvalue weighted by Gasteiger charge is -2.34. The van der Waals surface area contributed by atoms with Crippen molar-refractivity contribution in [1.29, 1.82) is 0 Å². The molecule has 8 nitrogen and oxygen atoms in total. The van der Waals surface area contributed by atoms with Gasteiger partial charge in [-0.1, -0.05) is 83.4 Å². The Morgan fingerprint density at radius 3 is 2.11 bits per heavy atom. The number of benzene rings is 4. The highest BCUT2D eigenvalue weighted by Crippen LogP contribution is 2.32. The van der Waals surface area contributed by atoms with Gasteiger partial charge >= 0.3 is 0 Å². The Balaban J connectivity index is 1.82. The number of rotatable bonds is 13. The molecule has 0 aliphatic rings. The highest BCUT2D eigenvalue weighted by molar-refractivity contribution is 7.92. The molecular formula is C35H37Cl2N3O5S. The van der Waals surface area contributed by atoms with Gasteiger partial charge in [0.05, 0.1) is 22.7 Å². The number of anilines is 1. The van der Waals surface area contributed by atoms with Crippen LogP contribution in [0.2, 0.25) is 10.0 Å². The zero-order valence-electron chi connectivity index (χ0n) is 26.1. The van der Waals surface area contributed by atoms with Crippen LogP contribution in [0.25, 0.3) is 0 Å². The highest BCUT2D eigenvalue weighted by Gasteiger charge is 2.35. The maximum atomic E-state index is 14.5. The van der Waals surface area contributed by atoms with Gasteiger partial charge in [0.2, 0.25) is 11.8 Å². The monoisotopic (exact) mass is 681 g/mol. The number of ether oxygens (including phenoxy) is 1. The Labute approximate surface area is 280 Å². The van der Waals surface area contributed by atoms with E-state index in [0.29, 0.717) is 16.3 Å². The first-order valence-corrected chi connectivity index (χ1v) is 16.9. The average molecular weight is 683 g/mol. The molecule has 0 unspecified atom stereocenters. The van der Waals surface area contributed by atoms with Crippen LogP contribution < -0.4 is 14.4 Å². The summed E-state index contributed by atoms with van der Waals surface area (Å²) in [6.45, 7) is 4.95. The molecule has 242 valence electrons. The molecule has 0 fully saturated rings. The summed E-state index contributed by atoms with van der Waals surface area (Å²) < 4.78 is 34.7. The van der Waals surface area contributed by atoms with Gasteiger partial charge in [-0.15, -0.1) is 0 Å². The predicted octanol–water partition coefficient (Wildman–Crippen LogP) is 6.67. The number of aryl methyl sites for hydroxylation is 1. The van der Waals surface area contributed by atoms with E-state index >= 15 is 0 Å². The van der Waals surface area contributed by atoms with Gasteiger partial charge in [-0.25, -0.2) is 8.42 Å². The van der Waals surface area contributed by atoms with Gasteiger partial charge < -0.3 is 15.0 Å². The summed E-state index contributed by atoms with van der Waals surface area (Å²) in [5.74, 6) is -0.596. The third-order valence-corrected chi connectivity index (χ3v) is 9.61. The Morgan fingerprint density at radius 1 is 0.870 bits per heavy atom. The summed E-state index contributed by atoms with van der Waals surface area (Å²) in [6.07, 6.45) is 0.206. The molecule has 0 saturated heterocycles. The van der Waals surface area contributed by atoms with Crippen molar-refractivity contribution >= 4 is 50.7 Å². The predicted molar refractivity (Wildman–Crippen MR) is 183 cm³/mol. The van der Waals surface area contributed by atoms with E-state index in [2.05, 4.69) is 5.32 Å². The zero-order valence-corrected chi connectivity index (χ0v) is 28.4. The fraction of sp³-hybridized carbons (Fsp3) is 0.257. The number of halogens is 2. The molecule has 0 aromatic heterocycles. The normalized spacial score (nSPS) is 12.0. The molecule has 11 heteroatoms. The highest BCUT2D eigenvalue weighted by atomic mass is 35.5. The van der Waals surface area contributed by atoms with Crippen molar-refractivity contribution in [1.82, 2.24) is 10.2 Å². The third-order valence-electron chi connectivity index (χ3n) is 7.28. The maximum Gasteiger partial charge on any atom is 0.264 e. The first-order valence-electron chi connectivity index (χ1n) is 14.7. The number of carbonyl (C=O) groups excluding carboxylic acids is 2. The SMILES string of the molecule is COc1ccc(N(CC(=O)N(Cc2ccc(Cl)cc2)[C@H](Cc2ccccc2)C(=O)NC(C)C)S(=O)(=O)c2ccc(C)cc2)cc1Cl. The number of hydrogen-bond donors (Lipinski definition) is 1. The van der Waals surface area contributed by atoms with Crippen LogP contribution >= 0.6 is 23.2 Å². The molecule has 0 aliphatic carbocycles. The van der Waals surface area contributed by atoms with Crippen molar-refractivity contribution in [3.63, 3.8) is 0 Å². The van der Waals surface area contributed by atoms with Gasteiger partial charge in [-0.2, -0.15) is 0 Å². The second-order valence-electron chi connectivity index (χ2n) is 11.2. The van der Waals surface area contributed by atoms with Crippen molar-refractivity contribution in [2.24, 2.45) is 0 Å². The summed E-state index contributed by atoms with van der Waals surface area (Å²) in [4.78, 5) is 29.7. The molecule has 4 aromatic carbocycles. The zero-order chi connectivity index (χ0) is 33.4. The van der Waals surface area contributed by atoms with E-state index in [9.17, 15) is 18.0 Å². The fourth-order valence-electron chi connectivity index (χ4n) is 4.90. The summed E-state index contributed by atoms with van der Waals surface area (Å²) in [7, 11) is -2.82. The van der Waals surface area contributed by atoms with Gasteiger partial charge in [0.1, 0.15) is 18.3 Å². The smallest absolute Gasteiger partial charge is 0.264 e. The molecule has 4 aromatic rings. The van der Waals surface area contributed by atoms with E-state index in [1.54, 1.807) is 42.5 Å². The van der Waals surface area contributed by atoms with Gasteiger partial charge in [-0.05, 0) is 74.4 Å². The van der Waals surface area contributed by atoms with Gasteiger partial charge in [0, 0.05) is 24.0 Å². The molecule has 0 spiro atoms. The quantitative estimate of drug-likeness (QED) is 0.170. The van der Waals surface area contributed by atoms with Crippen molar-refractivity contribution in [2.75, 3.05) is 18.0 Å². The topological polar surface area (TPSA) is 96.0 Å². The van der Waals surface area contributed by atoms with Crippen LogP contribution in [-0.4, -0.2) is 50.9 Å².